The van der Waals surface area contributed by atoms with Crippen LogP contribution in [0.25, 0.3) is 0 Å². The molecular weight excluding hydrogens is 243 g/mol. The number of hydrogen-bond acceptors (Lipinski definition) is 2. The summed E-state index contributed by atoms with van der Waals surface area (Å²) in [6.45, 7) is 7.82. The van der Waals surface area contributed by atoms with Crippen LogP contribution in [0.5, 0.6) is 0 Å². The maximum atomic E-state index is 11.9. The van der Waals surface area contributed by atoms with Crippen LogP contribution in [0.2, 0.25) is 0 Å². The summed E-state index contributed by atoms with van der Waals surface area (Å²) < 4.78 is 11.5. The summed E-state index contributed by atoms with van der Waals surface area (Å²) in [6, 6.07) is 7.83. The van der Waals surface area contributed by atoms with E-state index in [1.807, 2.05) is 24.3 Å². The van der Waals surface area contributed by atoms with Crippen LogP contribution in [0.4, 0.5) is 0 Å². The van der Waals surface area contributed by atoms with Crippen molar-refractivity contribution >= 4 is 12.9 Å². The van der Waals surface area contributed by atoms with Gasteiger partial charge in [-0.1, -0.05) is 38.1 Å². The number of carbonyl (C=O) groups excluding carboxylic acids is 1. The molecule has 0 aliphatic rings. The molecule has 0 N–H and O–H groups in total. The summed E-state index contributed by atoms with van der Waals surface area (Å²) in [5, 5.41) is 0. The summed E-state index contributed by atoms with van der Waals surface area (Å²) in [7, 11) is -1.99. The number of benzene rings is 1. The van der Waals surface area contributed by atoms with E-state index in [2.05, 4.69) is 13.8 Å². The third kappa shape index (κ3) is 5.18. The van der Waals surface area contributed by atoms with Gasteiger partial charge in [0.1, 0.15) is 0 Å². The number of Topliss-reactive ketones (excluding diaryl/α,β-unsaturated/α-hetero) is 1. The molecule has 2 nitrogen and oxygen atoms in total. The number of carbonyl (C=O) groups is 1. The van der Waals surface area contributed by atoms with E-state index in [1.54, 1.807) is 13.3 Å². The number of hydrogen-bond donors (Lipinski definition) is 0. The van der Waals surface area contributed by atoms with Gasteiger partial charge in [0.25, 0.3) is 0 Å². The van der Waals surface area contributed by atoms with Crippen LogP contribution in [0.15, 0.2) is 24.3 Å². The Hall–Kier alpha value is -0.880. The van der Waals surface area contributed by atoms with E-state index < -0.39 is 7.14 Å². The SMILES string of the molecule is CC(C)c1ccc(C(=O)CCCP(C)(C)=O)cc1. The maximum Gasteiger partial charge on any atom is 0.162 e. The smallest absolute Gasteiger partial charge is 0.162 e. The van der Waals surface area contributed by atoms with Crippen molar-refractivity contribution in [1.29, 1.82) is 0 Å². The van der Waals surface area contributed by atoms with Gasteiger partial charge in [0.05, 0.1) is 7.14 Å². The first-order valence-corrected chi connectivity index (χ1v) is 9.25. The Morgan fingerprint density at radius 3 is 2.17 bits per heavy atom. The molecule has 1 aromatic rings. The highest BCUT2D eigenvalue weighted by molar-refractivity contribution is 7.62. The third-order valence-electron chi connectivity index (χ3n) is 3.00. The predicted molar refractivity (Wildman–Crippen MR) is 78.4 cm³/mol. The molecule has 0 saturated heterocycles. The van der Waals surface area contributed by atoms with Crippen molar-refractivity contribution in [3.05, 3.63) is 35.4 Å². The van der Waals surface area contributed by atoms with E-state index in [1.165, 1.54) is 5.56 Å². The van der Waals surface area contributed by atoms with E-state index in [4.69, 9.17) is 0 Å². The Morgan fingerprint density at radius 1 is 1.17 bits per heavy atom. The zero-order valence-electron chi connectivity index (χ0n) is 11.8. The van der Waals surface area contributed by atoms with E-state index >= 15 is 0 Å². The van der Waals surface area contributed by atoms with Crippen molar-refractivity contribution in [1.82, 2.24) is 0 Å². The fourth-order valence-corrected chi connectivity index (χ4v) is 2.74. The van der Waals surface area contributed by atoms with E-state index in [-0.39, 0.29) is 5.78 Å². The minimum Gasteiger partial charge on any atom is -0.324 e. The summed E-state index contributed by atoms with van der Waals surface area (Å²) >= 11 is 0. The highest BCUT2D eigenvalue weighted by Gasteiger charge is 2.10. The monoisotopic (exact) mass is 266 g/mol. The Morgan fingerprint density at radius 2 is 1.72 bits per heavy atom. The Kier molecular flexibility index (Phi) is 5.34. The van der Waals surface area contributed by atoms with Crippen molar-refractivity contribution in [2.75, 3.05) is 19.5 Å². The zero-order valence-corrected chi connectivity index (χ0v) is 12.7. The van der Waals surface area contributed by atoms with Gasteiger partial charge in [-0.05, 0) is 31.2 Å². The summed E-state index contributed by atoms with van der Waals surface area (Å²) in [4.78, 5) is 11.9. The minimum atomic E-state index is -1.99. The zero-order chi connectivity index (χ0) is 13.8. The Bertz CT molecular complexity index is 440. The molecule has 0 heterocycles. The largest absolute Gasteiger partial charge is 0.324 e. The second-order valence-corrected chi connectivity index (χ2v) is 9.20. The summed E-state index contributed by atoms with van der Waals surface area (Å²) in [6.07, 6.45) is 1.87. The molecule has 3 heteroatoms. The first-order chi connectivity index (χ1) is 8.29. The van der Waals surface area contributed by atoms with Crippen LogP contribution in [-0.2, 0) is 4.57 Å². The Balaban J connectivity index is 2.54. The van der Waals surface area contributed by atoms with Gasteiger partial charge in [-0.25, -0.2) is 0 Å². The molecular formula is C15H23O2P. The molecule has 1 aromatic carbocycles. The van der Waals surface area contributed by atoms with Crippen molar-refractivity contribution < 1.29 is 9.36 Å². The van der Waals surface area contributed by atoms with Gasteiger partial charge < -0.3 is 4.57 Å². The van der Waals surface area contributed by atoms with E-state index in [0.717, 1.165) is 12.0 Å². The first kappa shape index (κ1) is 15.2. The molecule has 1 rings (SSSR count). The van der Waals surface area contributed by atoms with Crippen LogP contribution >= 0.6 is 7.14 Å². The normalized spacial score (nSPS) is 11.8. The molecule has 0 radical (unpaired) electrons. The van der Waals surface area contributed by atoms with Crippen LogP contribution in [0, 0.1) is 0 Å². The van der Waals surface area contributed by atoms with Crippen LogP contribution in [0.1, 0.15) is 48.5 Å². The average Bonchev–Trinajstić information content (AvgIpc) is 2.27. The quantitative estimate of drug-likeness (QED) is 0.565. The van der Waals surface area contributed by atoms with Gasteiger partial charge in [0.15, 0.2) is 5.78 Å². The molecule has 100 valence electrons. The van der Waals surface area contributed by atoms with Crippen molar-refractivity contribution in [3.63, 3.8) is 0 Å². The molecule has 18 heavy (non-hydrogen) atoms. The standard InChI is InChI=1S/C15H23O2P/c1-12(2)13-7-9-14(10-8-13)15(16)6-5-11-18(3,4)17/h7-10,12H,5-6,11H2,1-4H3. The molecule has 0 unspecified atom stereocenters. The fourth-order valence-electron chi connectivity index (χ4n) is 1.82. The lowest BCUT2D eigenvalue weighted by Gasteiger charge is -2.07. The molecule has 0 aromatic heterocycles. The predicted octanol–water partition coefficient (Wildman–Crippen LogP) is 4.40. The van der Waals surface area contributed by atoms with Gasteiger partial charge in [-0.15, -0.1) is 0 Å². The molecule has 0 spiro atoms. The molecule has 0 atom stereocenters. The molecule has 0 fully saturated rings. The fraction of sp³-hybridized carbons (Fsp3) is 0.533. The van der Waals surface area contributed by atoms with Crippen molar-refractivity contribution in [3.8, 4) is 0 Å². The molecule has 0 saturated carbocycles. The highest BCUT2D eigenvalue weighted by Crippen LogP contribution is 2.36. The van der Waals surface area contributed by atoms with Gasteiger partial charge in [0, 0.05) is 18.1 Å². The van der Waals surface area contributed by atoms with Gasteiger partial charge in [-0.2, -0.15) is 0 Å². The second-order valence-electron chi connectivity index (χ2n) is 5.60. The number of rotatable bonds is 6. The molecule has 0 aliphatic heterocycles. The highest BCUT2D eigenvalue weighted by atomic mass is 31.2. The van der Waals surface area contributed by atoms with E-state index in [9.17, 15) is 9.36 Å². The Labute approximate surface area is 110 Å². The van der Waals surface area contributed by atoms with Crippen LogP contribution < -0.4 is 0 Å². The van der Waals surface area contributed by atoms with Gasteiger partial charge in [-0.3, -0.25) is 4.79 Å². The lowest BCUT2D eigenvalue weighted by Crippen LogP contribution is -2.01. The van der Waals surface area contributed by atoms with E-state index in [0.29, 0.717) is 18.5 Å². The topological polar surface area (TPSA) is 34.1 Å². The molecule has 0 bridgehead atoms. The molecule has 0 aliphatic carbocycles. The van der Waals surface area contributed by atoms with Crippen molar-refractivity contribution in [2.45, 2.75) is 32.6 Å². The van der Waals surface area contributed by atoms with Gasteiger partial charge in [0.2, 0.25) is 0 Å². The number of ketones is 1. The van der Waals surface area contributed by atoms with Crippen molar-refractivity contribution in [2.24, 2.45) is 0 Å². The maximum absolute atomic E-state index is 11.9. The minimum absolute atomic E-state index is 0.152. The average molecular weight is 266 g/mol. The van der Waals surface area contributed by atoms with Crippen LogP contribution in [-0.4, -0.2) is 25.3 Å². The van der Waals surface area contributed by atoms with Crippen LogP contribution in [0.3, 0.4) is 0 Å². The second kappa shape index (κ2) is 6.33. The first-order valence-electron chi connectivity index (χ1n) is 6.47. The lowest BCUT2D eigenvalue weighted by molar-refractivity contribution is 0.0982. The lowest BCUT2D eigenvalue weighted by atomic mass is 9.99. The third-order valence-corrected chi connectivity index (χ3v) is 4.39. The summed E-state index contributed by atoms with van der Waals surface area (Å²) in [5.74, 6) is 0.638. The molecule has 0 amide bonds. The summed E-state index contributed by atoms with van der Waals surface area (Å²) in [5.41, 5.74) is 2.01. The van der Waals surface area contributed by atoms with Gasteiger partial charge >= 0.3 is 0 Å².